The highest BCUT2D eigenvalue weighted by Crippen LogP contribution is 2.58. The molecule has 0 amide bonds. The van der Waals surface area contributed by atoms with E-state index >= 15 is 0 Å². The second-order valence-electron chi connectivity index (χ2n) is 11.3. The van der Waals surface area contributed by atoms with Crippen LogP contribution in [0.1, 0.15) is 99.2 Å². The number of hydrogen-bond donors (Lipinski definition) is 4. The summed E-state index contributed by atoms with van der Waals surface area (Å²) in [5, 5.41) is 7.12. The molecule has 2 aliphatic heterocycles. The Morgan fingerprint density at radius 2 is 1.16 bits per heavy atom. The number of nitrogens with zero attached hydrogens (tertiary/aromatic N) is 2. The van der Waals surface area contributed by atoms with Crippen LogP contribution in [0.4, 0.5) is 0 Å². The Morgan fingerprint density at radius 3 is 1.71 bits per heavy atom. The average molecular weight is 602 g/mol. The molecule has 8 rings (SSSR count). The summed E-state index contributed by atoms with van der Waals surface area (Å²) < 4.78 is 0. The van der Waals surface area contributed by atoms with Crippen LogP contribution in [-0.4, -0.2) is 33.0 Å². The van der Waals surface area contributed by atoms with Crippen molar-refractivity contribution in [3.63, 3.8) is 0 Å². The molecule has 5 fully saturated rings. The molecule has 0 unspecified atom stereocenters. The third-order valence-corrected chi connectivity index (χ3v) is 9.60. The van der Waals surface area contributed by atoms with Crippen molar-refractivity contribution in [3.05, 3.63) is 59.6 Å². The van der Waals surface area contributed by atoms with E-state index in [1.807, 2.05) is 6.20 Å². The molecule has 1 aromatic carbocycles. The zero-order chi connectivity index (χ0) is 22.6. The van der Waals surface area contributed by atoms with Crippen molar-refractivity contribution in [2.75, 3.05) is 13.1 Å². The lowest BCUT2D eigenvalue weighted by Crippen LogP contribution is -2.46. The van der Waals surface area contributed by atoms with E-state index < -0.39 is 0 Å². The summed E-state index contributed by atoms with van der Waals surface area (Å²) in [4.78, 5) is 16.8. The molecule has 3 aliphatic carbocycles. The number of imidazole rings is 2. The number of aromatic nitrogens is 4. The summed E-state index contributed by atoms with van der Waals surface area (Å²) in [5.41, 5.74) is 5.96. The molecule has 3 saturated carbocycles. The van der Waals surface area contributed by atoms with Gasteiger partial charge >= 0.3 is 0 Å². The SMILES string of the molecule is Cl.Cl.Cl.Cl.c1cc(C23CCC(c4cnc([C@@H]5CCCN5)[nH]4)(CC2)CC3)ccc1-c1cnc([C@@H]2CCCN2)[nH]1. The van der Waals surface area contributed by atoms with Crippen LogP contribution in [0.5, 0.6) is 0 Å². The van der Waals surface area contributed by atoms with Crippen molar-refractivity contribution >= 4 is 49.6 Å². The molecule has 10 heteroatoms. The number of rotatable bonds is 5. The van der Waals surface area contributed by atoms with E-state index in [-0.39, 0.29) is 49.6 Å². The van der Waals surface area contributed by atoms with Gasteiger partial charge < -0.3 is 20.6 Å². The van der Waals surface area contributed by atoms with Crippen molar-refractivity contribution in [2.24, 2.45) is 0 Å². The molecule has 4 heterocycles. The standard InChI is InChI=1S/C28H36N6.4ClH/c1-3-21(29-15-1)25-31-17-23(33-25)19-5-7-20(8-6-19)27-9-12-28(13-10-27,14-11-27)24-18-32-26(34-24)22-4-2-16-30-22;;;;/h5-8,17-18,21-22,29-30H,1-4,9-16H2,(H,31,33)(H,32,34);4*1H/t21-,22-,27?,28?;;;;/m0..../s1. The maximum absolute atomic E-state index is 4.79. The van der Waals surface area contributed by atoms with Crippen molar-refractivity contribution < 1.29 is 0 Å². The third-order valence-electron chi connectivity index (χ3n) is 9.60. The fraction of sp³-hybridized carbons (Fsp3) is 0.571. The average Bonchev–Trinajstić information content (AvgIpc) is 3.72. The summed E-state index contributed by atoms with van der Waals surface area (Å²) in [6.45, 7) is 2.21. The van der Waals surface area contributed by atoms with Crippen molar-refractivity contribution in [1.82, 2.24) is 30.6 Å². The van der Waals surface area contributed by atoms with E-state index in [9.17, 15) is 0 Å². The van der Waals surface area contributed by atoms with Crippen LogP contribution in [0.3, 0.4) is 0 Å². The van der Waals surface area contributed by atoms with E-state index in [1.54, 1.807) is 0 Å². The monoisotopic (exact) mass is 600 g/mol. The molecule has 4 N–H and O–H groups in total. The summed E-state index contributed by atoms with van der Waals surface area (Å²) in [6.07, 6.45) is 16.7. The number of benzene rings is 1. The molecular weight excluding hydrogens is 562 g/mol. The first-order chi connectivity index (χ1) is 16.7. The van der Waals surface area contributed by atoms with Gasteiger partial charge in [0.15, 0.2) is 0 Å². The molecule has 2 aromatic heterocycles. The fourth-order valence-electron chi connectivity index (χ4n) is 7.31. The molecule has 3 aromatic rings. The zero-order valence-electron chi connectivity index (χ0n) is 21.6. The van der Waals surface area contributed by atoms with Crippen molar-refractivity contribution in [3.8, 4) is 11.3 Å². The van der Waals surface area contributed by atoms with Crippen LogP contribution in [-0.2, 0) is 10.8 Å². The Bertz CT molecular complexity index is 1140. The van der Waals surface area contributed by atoms with E-state index in [2.05, 4.69) is 56.0 Å². The van der Waals surface area contributed by atoms with Gasteiger partial charge in [-0.15, -0.1) is 49.6 Å². The highest BCUT2D eigenvalue weighted by molar-refractivity contribution is 5.86. The second kappa shape index (κ2) is 12.5. The summed E-state index contributed by atoms with van der Waals surface area (Å²) >= 11 is 0. The highest BCUT2D eigenvalue weighted by atomic mass is 35.5. The predicted molar refractivity (Wildman–Crippen MR) is 163 cm³/mol. The second-order valence-corrected chi connectivity index (χ2v) is 11.3. The molecule has 6 nitrogen and oxygen atoms in total. The lowest BCUT2D eigenvalue weighted by atomic mass is 9.51. The molecule has 0 spiro atoms. The first-order valence-electron chi connectivity index (χ1n) is 13.4. The normalized spacial score (nSPS) is 29.6. The van der Waals surface area contributed by atoms with E-state index in [0.717, 1.165) is 30.4 Å². The molecule has 2 bridgehead atoms. The van der Waals surface area contributed by atoms with Crippen molar-refractivity contribution in [2.45, 2.75) is 87.1 Å². The van der Waals surface area contributed by atoms with Crippen molar-refractivity contribution in [1.29, 1.82) is 0 Å². The van der Waals surface area contributed by atoms with Gasteiger partial charge in [0.2, 0.25) is 0 Å². The molecule has 5 aliphatic rings. The summed E-state index contributed by atoms with van der Waals surface area (Å²) in [5.74, 6) is 2.24. The molecule has 2 saturated heterocycles. The van der Waals surface area contributed by atoms with Gasteiger partial charge in [-0.05, 0) is 93.8 Å². The van der Waals surface area contributed by atoms with Gasteiger partial charge in [-0.25, -0.2) is 9.97 Å². The minimum absolute atomic E-state index is 0. The van der Waals surface area contributed by atoms with Gasteiger partial charge in [0.05, 0.1) is 24.0 Å². The maximum Gasteiger partial charge on any atom is 0.123 e. The Kier molecular flexibility index (Phi) is 10.3. The van der Waals surface area contributed by atoms with E-state index in [4.69, 9.17) is 4.98 Å². The molecule has 0 radical (unpaired) electrons. The number of nitrogens with one attached hydrogen (secondary N) is 4. The van der Waals surface area contributed by atoms with Gasteiger partial charge in [0, 0.05) is 17.3 Å². The number of hydrogen-bond acceptors (Lipinski definition) is 4. The Labute approximate surface area is 250 Å². The lowest BCUT2D eigenvalue weighted by Gasteiger charge is -2.53. The largest absolute Gasteiger partial charge is 0.344 e. The minimum Gasteiger partial charge on any atom is -0.344 e. The number of H-pyrrole nitrogens is 2. The number of fused-ring (bicyclic) bond motifs is 3. The smallest absolute Gasteiger partial charge is 0.123 e. The van der Waals surface area contributed by atoms with E-state index in [1.165, 1.54) is 81.0 Å². The molecule has 38 heavy (non-hydrogen) atoms. The third kappa shape index (κ3) is 5.37. The van der Waals surface area contributed by atoms with E-state index in [0.29, 0.717) is 22.9 Å². The first-order valence-corrected chi connectivity index (χ1v) is 13.4. The lowest BCUT2D eigenvalue weighted by molar-refractivity contribution is 0.0989. The maximum atomic E-state index is 4.79. The quantitative estimate of drug-likeness (QED) is 0.257. The predicted octanol–water partition coefficient (Wildman–Crippen LogP) is 6.88. The van der Waals surface area contributed by atoms with Crippen LogP contribution >= 0.6 is 49.6 Å². The van der Waals surface area contributed by atoms with Gasteiger partial charge in [0.1, 0.15) is 11.6 Å². The minimum atomic E-state index is 0. The van der Waals surface area contributed by atoms with Gasteiger partial charge in [-0.3, -0.25) is 0 Å². The molecule has 2 atom stereocenters. The van der Waals surface area contributed by atoms with Gasteiger partial charge in [-0.1, -0.05) is 24.3 Å². The zero-order valence-corrected chi connectivity index (χ0v) is 24.9. The Morgan fingerprint density at radius 1 is 0.632 bits per heavy atom. The van der Waals surface area contributed by atoms with Gasteiger partial charge in [-0.2, -0.15) is 0 Å². The summed E-state index contributed by atoms with van der Waals surface area (Å²) in [6, 6.07) is 10.2. The number of halogens is 4. The first kappa shape index (κ1) is 31.3. The van der Waals surface area contributed by atoms with Crippen LogP contribution in [0, 0.1) is 0 Å². The topological polar surface area (TPSA) is 81.4 Å². The van der Waals surface area contributed by atoms with Crippen LogP contribution in [0.25, 0.3) is 11.3 Å². The van der Waals surface area contributed by atoms with Crippen LogP contribution in [0.15, 0.2) is 36.7 Å². The number of aromatic amines is 2. The van der Waals surface area contributed by atoms with Crippen LogP contribution < -0.4 is 10.6 Å². The fourth-order valence-corrected chi connectivity index (χ4v) is 7.31. The molecular formula is C28H40Cl4N6. The highest BCUT2D eigenvalue weighted by Gasteiger charge is 2.50. The Balaban J connectivity index is 0.000001000. The van der Waals surface area contributed by atoms with Gasteiger partial charge in [0.25, 0.3) is 0 Å². The summed E-state index contributed by atoms with van der Waals surface area (Å²) in [7, 11) is 0. The van der Waals surface area contributed by atoms with Crippen LogP contribution in [0.2, 0.25) is 0 Å². The Hall–Kier alpha value is -1.28. The molecule has 210 valence electrons.